The van der Waals surface area contributed by atoms with E-state index in [1.165, 1.54) is 12.8 Å². The van der Waals surface area contributed by atoms with Gasteiger partial charge < -0.3 is 9.80 Å². The van der Waals surface area contributed by atoms with E-state index in [4.69, 9.17) is 0 Å². The molecule has 1 aromatic heterocycles. The van der Waals surface area contributed by atoms with Crippen LogP contribution in [-0.4, -0.2) is 64.7 Å². The van der Waals surface area contributed by atoms with Gasteiger partial charge in [0, 0.05) is 45.3 Å². The molecule has 2 aliphatic heterocycles. The Morgan fingerprint density at radius 1 is 1.22 bits per heavy atom. The number of anilines is 1. The van der Waals surface area contributed by atoms with Crippen molar-refractivity contribution >= 4 is 17.6 Å². The molecule has 0 spiro atoms. The van der Waals surface area contributed by atoms with Gasteiger partial charge in [-0.05, 0) is 12.8 Å². The van der Waals surface area contributed by atoms with Crippen LogP contribution in [0.2, 0.25) is 0 Å². The molecule has 3 aliphatic rings. The molecule has 0 atom stereocenters. The van der Waals surface area contributed by atoms with Gasteiger partial charge in [-0.2, -0.15) is 5.10 Å². The van der Waals surface area contributed by atoms with Crippen LogP contribution in [0.4, 0.5) is 10.5 Å². The van der Waals surface area contributed by atoms with Gasteiger partial charge in [0.25, 0.3) is 0 Å². The lowest BCUT2D eigenvalue weighted by Gasteiger charge is -2.40. The molecule has 3 heterocycles. The Morgan fingerprint density at radius 3 is 2.61 bits per heavy atom. The van der Waals surface area contributed by atoms with Crippen LogP contribution in [0.1, 0.15) is 31.7 Å². The zero-order valence-corrected chi connectivity index (χ0v) is 13.5. The highest BCUT2D eigenvalue weighted by Gasteiger charge is 2.37. The van der Waals surface area contributed by atoms with Crippen LogP contribution in [0.25, 0.3) is 0 Å². The molecule has 3 amide bonds. The maximum Gasteiger partial charge on any atom is 0.324 e. The van der Waals surface area contributed by atoms with Crippen molar-refractivity contribution in [1.82, 2.24) is 19.6 Å². The fraction of sp³-hybridized carbons (Fsp3) is 0.688. The Kier molecular flexibility index (Phi) is 3.50. The number of hydrogen-bond donors (Lipinski definition) is 0. The van der Waals surface area contributed by atoms with E-state index in [-0.39, 0.29) is 18.0 Å². The average Bonchev–Trinajstić information content (AvgIpc) is 3.20. The molecule has 0 bridgehead atoms. The summed E-state index contributed by atoms with van der Waals surface area (Å²) in [7, 11) is 1.81. The molecule has 0 unspecified atom stereocenters. The van der Waals surface area contributed by atoms with Crippen molar-refractivity contribution in [2.75, 3.05) is 38.1 Å². The van der Waals surface area contributed by atoms with Crippen molar-refractivity contribution in [1.29, 1.82) is 0 Å². The zero-order valence-electron chi connectivity index (χ0n) is 13.5. The first kappa shape index (κ1) is 14.5. The van der Waals surface area contributed by atoms with E-state index in [9.17, 15) is 9.59 Å². The molecule has 1 saturated carbocycles. The fourth-order valence-electron chi connectivity index (χ4n) is 3.79. The minimum absolute atomic E-state index is 0.0243. The molecule has 0 radical (unpaired) electrons. The molecule has 124 valence electrons. The van der Waals surface area contributed by atoms with Crippen LogP contribution >= 0.6 is 0 Å². The van der Waals surface area contributed by atoms with Crippen LogP contribution in [-0.2, 0) is 4.79 Å². The number of likely N-dealkylation sites (tertiary alicyclic amines) is 1. The van der Waals surface area contributed by atoms with Crippen LogP contribution in [0.15, 0.2) is 12.4 Å². The predicted molar refractivity (Wildman–Crippen MR) is 85.2 cm³/mol. The number of urea groups is 1. The smallest absolute Gasteiger partial charge is 0.324 e. The Hall–Kier alpha value is -2.05. The van der Waals surface area contributed by atoms with Crippen LogP contribution < -0.4 is 4.90 Å². The molecular formula is C16H23N5O2. The number of nitrogens with zero attached hydrogens (tertiary/aromatic N) is 5. The minimum atomic E-state index is 0.0243. The zero-order chi connectivity index (χ0) is 16.0. The van der Waals surface area contributed by atoms with Gasteiger partial charge in [-0.25, -0.2) is 4.79 Å². The number of aromatic nitrogens is 2. The van der Waals surface area contributed by atoms with Crippen LogP contribution in [0.5, 0.6) is 0 Å². The molecule has 0 aromatic carbocycles. The van der Waals surface area contributed by atoms with E-state index in [2.05, 4.69) is 5.10 Å². The van der Waals surface area contributed by atoms with Gasteiger partial charge in [0.05, 0.1) is 17.9 Å². The summed E-state index contributed by atoms with van der Waals surface area (Å²) in [5, 5.41) is 4.40. The molecule has 1 aromatic rings. The summed E-state index contributed by atoms with van der Waals surface area (Å²) in [5.41, 5.74) is 0.847. The second kappa shape index (κ2) is 5.54. The summed E-state index contributed by atoms with van der Waals surface area (Å²) in [5.74, 6) is 0.573. The summed E-state index contributed by atoms with van der Waals surface area (Å²) in [6, 6.07) is 0.265. The second-order valence-corrected chi connectivity index (χ2v) is 6.91. The van der Waals surface area contributed by atoms with Crippen LogP contribution in [0, 0.1) is 5.92 Å². The van der Waals surface area contributed by atoms with E-state index >= 15 is 0 Å². The number of amides is 3. The fourth-order valence-corrected chi connectivity index (χ4v) is 3.79. The lowest BCUT2D eigenvalue weighted by Crippen LogP contribution is -2.52. The van der Waals surface area contributed by atoms with E-state index in [1.807, 2.05) is 22.8 Å². The highest BCUT2D eigenvalue weighted by molar-refractivity contribution is 5.93. The van der Waals surface area contributed by atoms with Gasteiger partial charge in [0.2, 0.25) is 5.91 Å². The first-order valence-corrected chi connectivity index (χ1v) is 8.49. The van der Waals surface area contributed by atoms with Crippen molar-refractivity contribution in [3.05, 3.63) is 12.4 Å². The van der Waals surface area contributed by atoms with E-state index < -0.39 is 0 Å². The molecule has 4 rings (SSSR count). The highest BCUT2D eigenvalue weighted by atomic mass is 16.2. The van der Waals surface area contributed by atoms with E-state index in [1.54, 1.807) is 16.0 Å². The van der Waals surface area contributed by atoms with Crippen molar-refractivity contribution in [3.63, 3.8) is 0 Å². The number of carbonyl (C=O) groups is 2. The van der Waals surface area contributed by atoms with Crippen molar-refractivity contribution in [2.45, 2.75) is 31.7 Å². The summed E-state index contributed by atoms with van der Waals surface area (Å²) in [6.45, 7) is 2.93. The Labute approximate surface area is 135 Å². The van der Waals surface area contributed by atoms with E-state index in [0.717, 1.165) is 38.2 Å². The van der Waals surface area contributed by atoms with E-state index in [0.29, 0.717) is 12.5 Å². The SMILES string of the molecule is CN1CCN(c2cnn(C3CN(C(=O)C4CCCC4)C3)c2)C1=O. The maximum absolute atomic E-state index is 12.3. The Balaban J connectivity index is 1.36. The minimum Gasteiger partial charge on any atom is -0.338 e. The van der Waals surface area contributed by atoms with Crippen molar-refractivity contribution < 1.29 is 9.59 Å². The normalized spacial score (nSPS) is 23.0. The van der Waals surface area contributed by atoms with Gasteiger partial charge in [-0.15, -0.1) is 0 Å². The van der Waals surface area contributed by atoms with Gasteiger partial charge in [-0.3, -0.25) is 14.4 Å². The molecular weight excluding hydrogens is 294 g/mol. The Morgan fingerprint density at radius 2 is 1.96 bits per heavy atom. The highest BCUT2D eigenvalue weighted by Crippen LogP contribution is 2.31. The third-order valence-corrected chi connectivity index (χ3v) is 5.37. The first-order valence-electron chi connectivity index (χ1n) is 8.49. The Bertz CT molecular complexity index is 616. The average molecular weight is 317 g/mol. The number of rotatable bonds is 3. The van der Waals surface area contributed by atoms with Crippen LogP contribution in [0.3, 0.4) is 0 Å². The third kappa shape index (κ3) is 2.48. The molecule has 1 aliphatic carbocycles. The summed E-state index contributed by atoms with van der Waals surface area (Å²) in [6.07, 6.45) is 8.16. The molecule has 3 fully saturated rings. The standard InChI is InChI=1S/C16H23N5O2/c1-18-6-7-20(16(18)23)13-8-17-21(11-13)14-9-19(10-14)15(22)12-4-2-3-5-12/h8,11-12,14H,2-7,9-10H2,1H3. The molecule has 0 N–H and O–H groups in total. The predicted octanol–water partition coefficient (Wildman–Crippen LogP) is 1.33. The lowest BCUT2D eigenvalue weighted by molar-refractivity contribution is -0.141. The molecule has 7 heteroatoms. The first-order chi connectivity index (χ1) is 11.1. The second-order valence-electron chi connectivity index (χ2n) is 6.91. The number of hydrogen-bond acceptors (Lipinski definition) is 3. The number of likely N-dealkylation sites (N-methyl/N-ethyl adjacent to an activating group) is 1. The summed E-state index contributed by atoms with van der Waals surface area (Å²) >= 11 is 0. The van der Waals surface area contributed by atoms with Crippen molar-refractivity contribution in [3.8, 4) is 0 Å². The van der Waals surface area contributed by atoms with Crippen molar-refractivity contribution in [2.24, 2.45) is 5.92 Å². The van der Waals surface area contributed by atoms with Gasteiger partial charge >= 0.3 is 6.03 Å². The van der Waals surface area contributed by atoms with Gasteiger partial charge in [0.1, 0.15) is 0 Å². The molecule has 7 nitrogen and oxygen atoms in total. The molecule has 2 saturated heterocycles. The third-order valence-electron chi connectivity index (χ3n) is 5.37. The van der Waals surface area contributed by atoms with Gasteiger partial charge in [-0.1, -0.05) is 12.8 Å². The topological polar surface area (TPSA) is 61.7 Å². The lowest BCUT2D eigenvalue weighted by atomic mass is 10.0. The quantitative estimate of drug-likeness (QED) is 0.845. The summed E-state index contributed by atoms with van der Waals surface area (Å²) in [4.78, 5) is 29.8. The summed E-state index contributed by atoms with van der Waals surface area (Å²) < 4.78 is 1.90. The molecule has 23 heavy (non-hydrogen) atoms. The number of carbonyl (C=O) groups excluding carboxylic acids is 2. The monoisotopic (exact) mass is 317 g/mol. The van der Waals surface area contributed by atoms with Gasteiger partial charge in [0.15, 0.2) is 0 Å². The maximum atomic E-state index is 12.3. The largest absolute Gasteiger partial charge is 0.338 e.